The summed E-state index contributed by atoms with van der Waals surface area (Å²) in [5.74, 6) is 1.38. The molecule has 2 aromatic rings. The summed E-state index contributed by atoms with van der Waals surface area (Å²) in [4.78, 5) is 0. The predicted octanol–water partition coefficient (Wildman–Crippen LogP) is 2.28. The molecule has 0 aliphatic carbocycles. The summed E-state index contributed by atoms with van der Waals surface area (Å²) in [7, 11) is 3.43. The molecule has 0 fully saturated rings. The zero-order valence-corrected chi connectivity index (χ0v) is 11.0. The van der Waals surface area contributed by atoms with E-state index < -0.39 is 0 Å². The lowest BCUT2D eigenvalue weighted by atomic mass is 10.2. The summed E-state index contributed by atoms with van der Waals surface area (Å²) in [6.07, 6.45) is 1.74. The van der Waals surface area contributed by atoms with Crippen molar-refractivity contribution in [3.63, 3.8) is 0 Å². The van der Waals surface area contributed by atoms with Crippen LogP contribution in [0.3, 0.4) is 0 Å². The van der Waals surface area contributed by atoms with Crippen LogP contribution in [0.2, 0.25) is 5.02 Å². The van der Waals surface area contributed by atoms with Gasteiger partial charge in [0.05, 0.1) is 12.8 Å². The minimum Gasteiger partial charge on any atom is -0.496 e. The van der Waals surface area contributed by atoms with Crippen LogP contribution in [-0.4, -0.2) is 16.9 Å². The Bertz CT molecular complexity index is 553. The third kappa shape index (κ3) is 2.51. The van der Waals surface area contributed by atoms with Crippen molar-refractivity contribution in [3.8, 4) is 5.75 Å². The molecule has 0 aliphatic rings. The number of halogens is 1. The number of ether oxygens (including phenoxy) is 1. The minimum atomic E-state index is 0.504. The Morgan fingerprint density at radius 1 is 1.50 bits per heavy atom. The number of rotatable bonds is 4. The molecule has 6 heteroatoms. The van der Waals surface area contributed by atoms with Gasteiger partial charge in [0.1, 0.15) is 5.75 Å². The number of benzene rings is 1. The minimum absolute atomic E-state index is 0.504. The Kier molecular flexibility index (Phi) is 3.62. The summed E-state index contributed by atoms with van der Waals surface area (Å²) in [5, 5.41) is 8.00. The molecular weight excluding hydrogens is 252 g/mol. The zero-order valence-electron chi connectivity index (χ0n) is 10.3. The van der Waals surface area contributed by atoms with Crippen LogP contribution in [-0.2, 0) is 13.6 Å². The van der Waals surface area contributed by atoms with Gasteiger partial charge in [-0.1, -0.05) is 17.7 Å². The second-order valence-corrected chi connectivity index (χ2v) is 4.29. The Morgan fingerprint density at radius 3 is 2.89 bits per heavy atom. The fourth-order valence-corrected chi connectivity index (χ4v) is 1.95. The lowest BCUT2D eigenvalue weighted by Crippen LogP contribution is -2.04. The number of nitrogen functional groups attached to an aromatic ring is 1. The molecule has 96 valence electrons. The first-order chi connectivity index (χ1) is 8.61. The molecule has 1 heterocycles. The van der Waals surface area contributed by atoms with E-state index in [0.29, 0.717) is 23.1 Å². The number of hydrogen-bond donors (Lipinski definition) is 2. The number of aryl methyl sites for hydroxylation is 1. The first-order valence-corrected chi connectivity index (χ1v) is 5.84. The lowest BCUT2D eigenvalue weighted by Gasteiger charge is -2.11. The van der Waals surface area contributed by atoms with Crippen LogP contribution >= 0.6 is 11.6 Å². The maximum atomic E-state index is 6.14. The predicted molar refractivity (Wildman–Crippen MR) is 73.0 cm³/mol. The molecule has 0 unspecified atom stereocenters. The van der Waals surface area contributed by atoms with Gasteiger partial charge in [0.25, 0.3) is 0 Å². The van der Waals surface area contributed by atoms with Gasteiger partial charge in [0, 0.05) is 30.4 Å². The molecule has 2 rings (SSSR count). The van der Waals surface area contributed by atoms with Crippen molar-refractivity contribution >= 4 is 23.1 Å². The summed E-state index contributed by atoms with van der Waals surface area (Å²) in [6.45, 7) is 0.504. The van der Waals surface area contributed by atoms with Crippen LogP contribution in [0.1, 0.15) is 5.56 Å². The number of anilines is 2. The van der Waals surface area contributed by atoms with Crippen molar-refractivity contribution in [3.05, 3.63) is 35.0 Å². The average molecular weight is 267 g/mol. The van der Waals surface area contributed by atoms with Crippen molar-refractivity contribution in [1.29, 1.82) is 0 Å². The van der Waals surface area contributed by atoms with E-state index in [4.69, 9.17) is 22.1 Å². The van der Waals surface area contributed by atoms with Crippen LogP contribution < -0.4 is 15.8 Å². The molecule has 0 spiro atoms. The van der Waals surface area contributed by atoms with Gasteiger partial charge in [0.2, 0.25) is 0 Å². The number of nitrogens with zero attached hydrogens (tertiary/aromatic N) is 2. The Labute approximate surface area is 110 Å². The van der Waals surface area contributed by atoms with Crippen molar-refractivity contribution in [2.75, 3.05) is 18.2 Å². The molecule has 0 bridgehead atoms. The van der Waals surface area contributed by atoms with Crippen molar-refractivity contribution < 1.29 is 4.74 Å². The van der Waals surface area contributed by atoms with Crippen LogP contribution in [0, 0.1) is 0 Å². The molecule has 0 saturated carbocycles. The summed E-state index contributed by atoms with van der Waals surface area (Å²) in [6, 6.07) is 5.54. The van der Waals surface area contributed by atoms with E-state index in [-0.39, 0.29) is 0 Å². The highest BCUT2D eigenvalue weighted by molar-refractivity contribution is 6.31. The van der Waals surface area contributed by atoms with E-state index in [1.165, 1.54) is 0 Å². The lowest BCUT2D eigenvalue weighted by molar-refractivity contribution is 0.410. The third-order valence-electron chi connectivity index (χ3n) is 2.59. The summed E-state index contributed by atoms with van der Waals surface area (Å²) in [5.41, 5.74) is 7.29. The normalized spacial score (nSPS) is 10.4. The molecule has 0 amide bonds. The first-order valence-electron chi connectivity index (χ1n) is 5.46. The van der Waals surface area contributed by atoms with Gasteiger partial charge in [0.15, 0.2) is 5.82 Å². The molecule has 0 radical (unpaired) electrons. The quantitative estimate of drug-likeness (QED) is 0.891. The molecule has 0 atom stereocenters. The highest BCUT2D eigenvalue weighted by Gasteiger charge is 2.09. The fraction of sp³-hybridized carbons (Fsp3) is 0.250. The molecule has 0 aliphatic heterocycles. The van der Waals surface area contributed by atoms with E-state index in [1.807, 2.05) is 25.2 Å². The highest BCUT2D eigenvalue weighted by Crippen LogP contribution is 2.27. The van der Waals surface area contributed by atoms with Gasteiger partial charge >= 0.3 is 0 Å². The Hall–Kier alpha value is -1.88. The monoisotopic (exact) mass is 266 g/mol. The van der Waals surface area contributed by atoms with Gasteiger partial charge in [-0.2, -0.15) is 5.10 Å². The van der Waals surface area contributed by atoms with Crippen LogP contribution in [0.5, 0.6) is 5.75 Å². The number of hydrogen-bond acceptors (Lipinski definition) is 4. The molecular formula is C12H15ClN4O. The van der Waals surface area contributed by atoms with Crippen molar-refractivity contribution in [1.82, 2.24) is 9.78 Å². The zero-order chi connectivity index (χ0) is 13.1. The maximum absolute atomic E-state index is 6.14. The number of nitrogens with two attached hydrogens (primary N) is 1. The molecule has 1 aromatic carbocycles. The number of methoxy groups -OCH3 is 1. The van der Waals surface area contributed by atoms with Gasteiger partial charge in [-0.15, -0.1) is 0 Å². The fourth-order valence-electron chi connectivity index (χ4n) is 1.72. The summed E-state index contributed by atoms with van der Waals surface area (Å²) >= 11 is 6.14. The van der Waals surface area contributed by atoms with Crippen LogP contribution in [0.25, 0.3) is 0 Å². The van der Waals surface area contributed by atoms with Crippen LogP contribution in [0.4, 0.5) is 11.5 Å². The second-order valence-electron chi connectivity index (χ2n) is 3.88. The topological polar surface area (TPSA) is 65.1 Å². The Morgan fingerprint density at radius 2 is 2.28 bits per heavy atom. The third-order valence-corrected chi connectivity index (χ3v) is 2.94. The van der Waals surface area contributed by atoms with E-state index in [9.17, 15) is 0 Å². The molecule has 5 nitrogen and oxygen atoms in total. The van der Waals surface area contributed by atoms with Crippen LogP contribution in [0.15, 0.2) is 24.4 Å². The largest absolute Gasteiger partial charge is 0.496 e. The van der Waals surface area contributed by atoms with Gasteiger partial charge in [-0.05, 0) is 12.1 Å². The molecule has 18 heavy (non-hydrogen) atoms. The van der Waals surface area contributed by atoms with Crippen molar-refractivity contribution in [2.24, 2.45) is 7.05 Å². The average Bonchev–Trinajstić information content (AvgIpc) is 2.66. The highest BCUT2D eigenvalue weighted by atomic mass is 35.5. The van der Waals surface area contributed by atoms with E-state index in [0.717, 1.165) is 11.3 Å². The summed E-state index contributed by atoms with van der Waals surface area (Å²) < 4.78 is 6.92. The van der Waals surface area contributed by atoms with E-state index >= 15 is 0 Å². The van der Waals surface area contributed by atoms with E-state index in [2.05, 4.69) is 10.4 Å². The van der Waals surface area contributed by atoms with Gasteiger partial charge in [-0.3, -0.25) is 4.68 Å². The van der Waals surface area contributed by atoms with E-state index in [1.54, 1.807) is 18.0 Å². The molecule has 3 N–H and O–H groups in total. The smallest absolute Gasteiger partial charge is 0.171 e. The van der Waals surface area contributed by atoms with Gasteiger partial charge < -0.3 is 15.8 Å². The maximum Gasteiger partial charge on any atom is 0.171 e. The molecule has 1 aromatic heterocycles. The standard InChI is InChI=1S/C12H15ClN4O/c1-17-7-10(14)12(16-17)15-6-8-9(13)4-3-5-11(8)18-2/h3-5,7H,6,14H2,1-2H3,(H,15,16). The SMILES string of the molecule is COc1cccc(Cl)c1CNc1nn(C)cc1N. The number of aromatic nitrogens is 2. The first kappa shape index (κ1) is 12.6. The molecule has 0 saturated heterocycles. The number of nitrogens with one attached hydrogen (secondary N) is 1. The van der Waals surface area contributed by atoms with Crippen molar-refractivity contribution in [2.45, 2.75) is 6.54 Å². The second kappa shape index (κ2) is 5.18. The van der Waals surface area contributed by atoms with Gasteiger partial charge in [-0.25, -0.2) is 0 Å². The Balaban J connectivity index is 2.17.